The third-order valence-electron chi connectivity index (χ3n) is 3.64. The van der Waals surface area contributed by atoms with Gasteiger partial charge in [-0.2, -0.15) is 25.3 Å². The summed E-state index contributed by atoms with van der Waals surface area (Å²) < 4.78 is -1.55. The van der Waals surface area contributed by atoms with E-state index >= 15 is 0 Å². The van der Waals surface area contributed by atoms with E-state index in [1.165, 1.54) is 0 Å². The lowest BCUT2D eigenvalue weighted by Gasteiger charge is -2.27. The summed E-state index contributed by atoms with van der Waals surface area (Å²) in [5.74, 6) is -2.40. The van der Waals surface area contributed by atoms with Gasteiger partial charge >= 0.3 is 11.9 Å². The first-order valence-corrected chi connectivity index (χ1v) is 9.09. The molecule has 0 aliphatic rings. The predicted molar refractivity (Wildman–Crippen MR) is 104 cm³/mol. The monoisotopic (exact) mass is 394 g/mol. The van der Waals surface area contributed by atoms with Gasteiger partial charge in [0.15, 0.2) is 0 Å². The van der Waals surface area contributed by atoms with Crippen LogP contribution in [0.25, 0.3) is 0 Å². The minimum atomic E-state index is -1.12. The maximum Gasteiger partial charge on any atom is 0.327 e. The third kappa shape index (κ3) is 9.96. The van der Waals surface area contributed by atoms with Crippen LogP contribution in [-0.2, 0) is 14.4 Å². The summed E-state index contributed by atoms with van der Waals surface area (Å²) in [5, 5.41) is 23.7. The highest BCUT2D eigenvalue weighted by atomic mass is 32.1. The number of aliphatic carboxylic acids is 2. The van der Waals surface area contributed by atoms with Gasteiger partial charge in [-0.25, -0.2) is 4.79 Å². The Morgan fingerprint density at radius 1 is 0.880 bits per heavy atom. The fourth-order valence-electron chi connectivity index (χ4n) is 2.25. The summed E-state index contributed by atoms with van der Waals surface area (Å²) in [6.07, 6.45) is 2.24. The van der Waals surface area contributed by atoms with Crippen molar-refractivity contribution >= 4 is 43.1 Å². The van der Waals surface area contributed by atoms with Gasteiger partial charge in [-0.15, -0.1) is 0 Å². The molecule has 0 heterocycles. The summed E-state index contributed by atoms with van der Waals surface area (Å²) >= 11 is 8.48. The van der Waals surface area contributed by atoms with Crippen molar-refractivity contribution in [1.29, 1.82) is 0 Å². The molecule has 0 aromatic rings. The Hall–Kier alpha value is -0.930. The number of hydrogen-bond acceptors (Lipinski definition) is 6. The first-order valence-electron chi connectivity index (χ1n) is 8.20. The second-order valence-corrected chi connectivity index (χ2v) is 9.49. The number of carboxylic acid groups (broad SMARTS) is 2. The van der Waals surface area contributed by atoms with Crippen molar-refractivity contribution in [2.45, 2.75) is 75.0 Å². The smallest absolute Gasteiger partial charge is 0.327 e. The number of carbonyl (C=O) groups is 3. The Labute approximate surface area is 160 Å². The van der Waals surface area contributed by atoms with Crippen LogP contribution in [-0.4, -0.2) is 56.2 Å². The number of rotatable bonds is 12. The Bertz CT molecular complexity index is 472. The summed E-state index contributed by atoms with van der Waals surface area (Å²) in [6.45, 7) is 7.22. The van der Waals surface area contributed by atoms with Crippen molar-refractivity contribution < 1.29 is 24.6 Å². The molecule has 1 amide bonds. The molecule has 0 aromatic carbocycles. The van der Waals surface area contributed by atoms with Gasteiger partial charge in [0.05, 0.1) is 0 Å². The molecule has 7 nitrogen and oxygen atoms in total. The van der Waals surface area contributed by atoms with Gasteiger partial charge < -0.3 is 20.8 Å². The highest BCUT2D eigenvalue weighted by Crippen LogP contribution is 2.19. The quantitative estimate of drug-likeness (QED) is 0.221. The number of unbranched alkanes of at least 4 members (excludes halogenated alkanes) is 2. The summed E-state index contributed by atoms with van der Waals surface area (Å²) in [7, 11) is 0. The zero-order chi connectivity index (χ0) is 19.8. The minimum absolute atomic E-state index is 0.216. The van der Waals surface area contributed by atoms with E-state index in [1.807, 2.05) is 0 Å². The zero-order valence-electron chi connectivity index (χ0n) is 15.2. The fraction of sp³-hybridized carbons (Fsp3) is 0.812. The number of carbonyl (C=O) groups excluding carboxylic acids is 1. The molecule has 4 N–H and O–H groups in total. The number of carboxylic acids is 2. The van der Waals surface area contributed by atoms with Crippen LogP contribution in [0.2, 0.25) is 0 Å². The average molecular weight is 395 g/mol. The number of nitrogens with one attached hydrogen (secondary N) is 2. The fourth-order valence-corrected chi connectivity index (χ4v) is 2.62. The lowest BCUT2D eigenvalue weighted by atomic mass is 10.0. The van der Waals surface area contributed by atoms with Crippen molar-refractivity contribution in [2.24, 2.45) is 0 Å². The van der Waals surface area contributed by atoms with Crippen LogP contribution in [0.5, 0.6) is 0 Å². The van der Waals surface area contributed by atoms with Gasteiger partial charge in [0.1, 0.15) is 12.1 Å². The van der Waals surface area contributed by atoms with E-state index in [0.717, 1.165) is 6.42 Å². The van der Waals surface area contributed by atoms with Crippen molar-refractivity contribution in [1.82, 2.24) is 10.6 Å². The Morgan fingerprint density at radius 2 is 1.36 bits per heavy atom. The molecule has 9 heteroatoms. The van der Waals surface area contributed by atoms with Gasteiger partial charge in [-0.05, 0) is 47.1 Å². The summed E-state index contributed by atoms with van der Waals surface area (Å²) in [5.41, 5.74) is 0. The number of hydrogen-bond donors (Lipinski definition) is 6. The first-order chi connectivity index (χ1) is 11.3. The third-order valence-corrected chi connectivity index (χ3v) is 4.16. The number of thiol groups is 2. The molecule has 0 spiro atoms. The molecule has 0 aliphatic carbocycles. The van der Waals surface area contributed by atoms with Crippen LogP contribution in [0.3, 0.4) is 0 Å². The topological polar surface area (TPSA) is 116 Å². The molecule has 0 rings (SSSR count). The SMILES string of the molecule is CC(C)(S)C(NCCCCCC(=O)NC(C(=O)O)C(C)(C)S)C(=O)O. The minimum Gasteiger partial charge on any atom is -0.480 e. The molecule has 0 bridgehead atoms. The predicted octanol–water partition coefficient (Wildman–Crippen LogP) is 1.58. The van der Waals surface area contributed by atoms with Gasteiger partial charge in [-0.1, -0.05) is 6.42 Å². The molecule has 0 fully saturated rings. The largest absolute Gasteiger partial charge is 0.480 e. The van der Waals surface area contributed by atoms with E-state index in [1.54, 1.807) is 27.7 Å². The molecular formula is C16H30N2O5S2. The Kier molecular flexibility index (Phi) is 9.89. The molecule has 0 radical (unpaired) electrons. The molecule has 0 aliphatic heterocycles. The van der Waals surface area contributed by atoms with E-state index in [0.29, 0.717) is 19.4 Å². The lowest BCUT2D eigenvalue weighted by Crippen LogP contribution is -2.51. The molecule has 2 atom stereocenters. The second-order valence-electron chi connectivity index (χ2n) is 7.18. The van der Waals surface area contributed by atoms with Crippen molar-refractivity contribution in [2.75, 3.05) is 6.54 Å². The van der Waals surface area contributed by atoms with Gasteiger partial charge in [0.25, 0.3) is 0 Å². The Balaban J connectivity index is 4.11. The molecule has 146 valence electrons. The molecule has 25 heavy (non-hydrogen) atoms. The van der Waals surface area contributed by atoms with E-state index in [4.69, 9.17) is 10.2 Å². The maximum absolute atomic E-state index is 11.9. The van der Waals surface area contributed by atoms with Crippen LogP contribution in [0.15, 0.2) is 0 Å². The van der Waals surface area contributed by atoms with E-state index in [2.05, 4.69) is 35.9 Å². The standard InChI is InChI=1S/C16H30N2O5S2/c1-15(2,24)11(13(20)21)17-9-7-5-6-8-10(19)18-12(14(22)23)16(3,4)25/h11-12,17,24-25H,5-9H2,1-4H3,(H,18,19)(H,20,21)(H,22,23). The van der Waals surface area contributed by atoms with Crippen molar-refractivity contribution in [3.63, 3.8) is 0 Å². The first kappa shape index (κ1) is 24.1. The summed E-state index contributed by atoms with van der Waals surface area (Å²) in [4.78, 5) is 34.2. The zero-order valence-corrected chi connectivity index (χ0v) is 17.0. The molecule has 0 saturated heterocycles. The highest BCUT2D eigenvalue weighted by Gasteiger charge is 2.33. The van der Waals surface area contributed by atoms with E-state index < -0.39 is 33.5 Å². The average Bonchev–Trinajstić information content (AvgIpc) is 2.40. The normalized spacial score (nSPS) is 14.6. The highest BCUT2D eigenvalue weighted by molar-refractivity contribution is 7.82. The maximum atomic E-state index is 11.9. The van der Waals surface area contributed by atoms with Gasteiger partial charge in [0, 0.05) is 15.9 Å². The van der Waals surface area contributed by atoms with Gasteiger partial charge in [0.2, 0.25) is 5.91 Å². The van der Waals surface area contributed by atoms with Crippen LogP contribution < -0.4 is 10.6 Å². The second kappa shape index (κ2) is 10.3. The lowest BCUT2D eigenvalue weighted by molar-refractivity contribution is -0.142. The van der Waals surface area contributed by atoms with Gasteiger partial charge in [-0.3, -0.25) is 9.59 Å². The Morgan fingerprint density at radius 3 is 1.76 bits per heavy atom. The molecular weight excluding hydrogens is 364 g/mol. The molecule has 0 saturated carbocycles. The van der Waals surface area contributed by atoms with Crippen LogP contribution in [0, 0.1) is 0 Å². The number of amides is 1. The van der Waals surface area contributed by atoms with Crippen molar-refractivity contribution in [3.8, 4) is 0 Å². The molecule has 2 unspecified atom stereocenters. The van der Waals surface area contributed by atoms with Crippen molar-refractivity contribution in [3.05, 3.63) is 0 Å². The molecule has 0 aromatic heterocycles. The van der Waals surface area contributed by atoms with E-state index in [-0.39, 0.29) is 12.3 Å². The van der Waals surface area contributed by atoms with Crippen LogP contribution >= 0.6 is 25.3 Å². The van der Waals surface area contributed by atoms with Crippen LogP contribution in [0.1, 0.15) is 53.4 Å². The van der Waals surface area contributed by atoms with Crippen LogP contribution in [0.4, 0.5) is 0 Å². The van der Waals surface area contributed by atoms with E-state index in [9.17, 15) is 14.4 Å². The summed E-state index contributed by atoms with van der Waals surface area (Å²) in [6, 6.07) is -1.81.